The lowest BCUT2D eigenvalue weighted by atomic mass is 10.1. The summed E-state index contributed by atoms with van der Waals surface area (Å²) < 4.78 is 12.5. The highest BCUT2D eigenvalue weighted by Crippen LogP contribution is 2.32. The fraction of sp³-hybridized carbons (Fsp3) is 0.233. The van der Waals surface area contributed by atoms with Gasteiger partial charge in [0.05, 0.1) is 25.4 Å². The quantitative estimate of drug-likeness (QED) is 0.371. The van der Waals surface area contributed by atoms with Crippen LogP contribution in [0.1, 0.15) is 16.1 Å². The topological polar surface area (TPSA) is 88.4 Å². The summed E-state index contributed by atoms with van der Waals surface area (Å²) in [4.78, 5) is 30.9. The molecule has 3 heterocycles. The number of hydrogen-bond donors (Lipinski definition) is 1. The Labute approximate surface area is 227 Å². The van der Waals surface area contributed by atoms with E-state index in [2.05, 4.69) is 15.3 Å². The molecule has 2 aromatic carbocycles. The highest BCUT2D eigenvalue weighted by molar-refractivity contribution is 6.05. The molecular weight excluding hydrogens is 494 g/mol. The van der Waals surface area contributed by atoms with E-state index in [1.807, 2.05) is 73.8 Å². The third kappa shape index (κ3) is 5.63. The summed E-state index contributed by atoms with van der Waals surface area (Å²) in [6.07, 6.45) is 1.71. The second kappa shape index (κ2) is 11.4. The van der Waals surface area contributed by atoms with Gasteiger partial charge in [-0.05, 0) is 55.1 Å². The number of piperazine rings is 1. The standard InChI is InChI=1S/C30H31N5O4/c1-33-14-16-34(17-15-33)30(37)25(18-21-8-5-4-6-9-21)31-29(36)24-20-23-10-7-11-26(35(23)32-24)22-12-13-27(38-2)28(19-22)39-3/h4-13,18-20H,14-17H2,1-3H3,(H,31,36). The molecule has 1 fully saturated rings. The maximum atomic E-state index is 13.5. The van der Waals surface area contributed by atoms with Crippen molar-refractivity contribution >= 4 is 23.4 Å². The first-order valence-electron chi connectivity index (χ1n) is 12.7. The van der Waals surface area contributed by atoms with Crippen molar-refractivity contribution in [1.82, 2.24) is 24.7 Å². The largest absolute Gasteiger partial charge is 0.493 e. The van der Waals surface area contributed by atoms with E-state index in [4.69, 9.17) is 9.47 Å². The van der Waals surface area contributed by atoms with Gasteiger partial charge in [-0.3, -0.25) is 9.59 Å². The molecule has 1 N–H and O–H groups in total. The summed E-state index contributed by atoms with van der Waals surface area (Å²) in [5.41, 5.74) is 3.61. The van der Waals surface area contributed by atoms with Crippen LogP contribution in [-0.4, -0.2) is 78.7 Å². The van der Waals surface area contributed by atoms with E-state index in [1.165, 1.54) is 0 Å². The number of benzene rings is 2. The fourth-order valence-corrected chi connectivity index (χ4v) is 4.57. The molecule has 200 valence electrons. The number of aromatic nitrogens is 2. The van der Waals surface area contributed by atoms with Crippen LogP contribution in [0.5, 0.6) is 11.5 Å². The second-order valence-electron chi connectivity index (χ2n) is 9.37. The van der Waals surface area contributed by atoms with Crippen molar-refractivity contribution in [3.63, 3.8) is 0 Å². The van der Waals surface area contributed by atoms with Gasteiger partial charge in [0, 0.05) is 31.7 Å². The van der Waals surface area contributed by atoms with Crippen LogP contribution in [0.25, 0.3) is 22.9 Å². The van der Waals surface area contributed by atoms with Crippen molar-refractivity contribution in [3.8, 4) is 22.8 Å². The number of nitrogens with one attached hydrogen (secondary N) is 1. The molecule has 39 heavy (non-hydrogen) atoms. The zero-order valence-corrected chi connectivity index (χ0v) is 22.3. The molecule has 0 unspecified atom stereocenters. The number of hydrogen-bond acceptors (Lipinski definition) is 6. The third-order valence-electron chi connectivity index (χ3n) is 6.78. The Balaban J connectivity index is 1.46. The van der Waals surface area contributed by atoms with Gasteiger partial charge in [0.25, 0.3) is 11.8 Å². The van der Waals surface area contributed by atoms with E-state index in [9.17, 15) is 9.59 Å². The second-order valence-corrected chi connectivity index (χ2v) is 9.37. The molecule has 1 saturated heterocycles. The average molecular weight is 526 g/mol. The van der Waals surface area contributed by atoms with Gasteiger partial charge in [-0.2, -0.15) is 5.10 Å². The van der Waals surface area contributed by atoms with E-state index < -0.39 is 5.91 Å². The van der Waals surface area contributed by atoms with Crippen LogP contribution in [-0.2, 0) is 4.79 Å². The van der Waals surface area contributed by atoms with Crippen LogP contribution in [0.4, 0.5) is 0 Å². The van der Waals surface area contributed by atoms with Gasteiger partial charge in [-0.1, -0.05) is 36.4 Å². The molecule has 5 rings (SSSR count). The number of carbonyl (C=O) groups excluding carboxylic acids is 2. The predicted octanol–water partition coefficient (Wildman–Crippen LogP) is 3.56. The van der Waals surface area contributed by atoms with Gasteiger partial charge in [0.1, 0.15) is 5.70 Å². The number of likely N-dealkylation sites (N-methyl/N-ethyl adjacent to an activating group) is 1. The summed E-state index contributed by atoms with van der Waals surface area (Å²) in [6, 6.07) is 22.5. The Morgan fingerprint density at radius 3 is 2.33 bits per heavy atom. The average Bonchev–Trinajstić information content (AvgIpc) is 3.42. The lowest BCUT2D eigenvalue weighted by Gasteiger charge is -2.33. The first-order valence-corrected chi connectivity index (χ1v) is 12.7. The van der Waals surface area contributed by atoms with Crippen LogP contribution in [0.15, 0.2) is 78.5 Å². The van der Waals surface area contributed by atoms with Crippen LogP contribution in [0.2, 0.25) is 0 Å². The SMILES string of the molecule is COc1ccc(-c2cccc3cc(C(=O)NC(=Cc4ccccc4)C(=O)N4CCN(C)CC4)nn23)cc1OC. The normalized spacial score (nSPS) is 14.3. The summed E-state index contributed by atoms with van der Waals surface area (Å²) in [5, 5.41) is 7.45. The van der Waals surface area contributed by atoms with E-state index in [-0.39, 0.29) is 17.3 Å². The molecule has 0 radical (unpaired) electrons. The molecule has 0 aliphatic carbocycles. The molecule has 1 aliphatic heterocycles. The number of fused-ring (bicyclic) bond motifs is 1. The lowest BCUT2D eigenvalue weighted by Crippen LogP contribution is -2.49. The zero-order chi connectivity index (χ0) is 27.4. The minimum absolute atomic E-state index is 0.202. The summed E-state index contributed by atoms with van der Waals surface area (Å²) >= 11 is 0. The number of methoxy groups -OCH3 is 2. The molecule has 4 aromatic rings. The highest BCUT2D eigenvalue weighted by Gasteiger charge is 2.25. The number of rotatable bonds is 7. The molecule has 2 amide bonds. The van der Waals surface area contributed by atoms with E-state index in [0.717, 1.165) is 35.4 Å². The number of pyridine rings is 1. The molecule has 0 atom stereocenters. The van der Waals surface area contributed by atoms with Crippen LogP contribution in [0.3, 0.4) is 0 Å². The first-order chi connectivity index (χ1) is 19.0. The molecule has 0 saturated carbocycles. The van der Waals surface area contributed by atoms with Gasteiger partial charge in [0.2, 0.25) is 0 Å². The maximum absolute atomic E-state index is 13.5. The van der Waals surface area contributed by atoms with E-state index >= 15 is 0 Å². The Hall–Kier alpha value is -4.63. The van der Waals surface area contributed by atoms with Crippen molar-refractivity contribution in [2.75, 3.05) is 47.4 Å². The van der Waals surface area contributed by atoms with Gasteiger partial charge in [-0.25, -0.2) is 4.52 Å². The minimum Gasteiger partial charge on any atom is -0.493 e. The molecular formula is C30H31N5O4. The number of amides is 2. The number of nitrogens with zero attached hydrogens (tertiary/aromatic N) is 4. The maximum Gasteiger partial charge on any atom is 0.276 e. The first kappa shape index (κ1) is 26.0. The zero-order valence-electron chi connectivity index (χ0n) is 22.3. The fourth-order valence-electron chi connectivity index (χ4n) is 4.57. The van der Waals surface area contributed by atoms with Crippen LogP contribution < -0.4 is 14.8 Å². The summed E-state index contributed by atoms with van der Waals surface area (Å²) in [7, 11) is 5.21. The molecule has 0 bridgehead atoms. The molecule has 0 spiro atoms. The summed E-state index contributed by atoms with van der Waals surface area (Å²) in [6.45, 7) is 2.76. The Kier molecular flexibility index (Phi) is 7.60. The Bertz CT molecular complexity index is 1520. The van der Waals surface area contributed by atoms with Crippen LogP contribution >= 0.6 is 0 Å². The van der Waals surface area contributed by atoms with Gasteiger partial charge in [0.15, 0.2) is 17.2 Å². The van der Waals surface area contributed by atoms with Crippen molar-refractivity contribution in [2.45, 2.75) is 0 Å². The van der Waals surface area contributed by atoms with Crippen LogP contribution in [0, 0.1) is 0 Å². The lowest BCUT2D eigenvalue weighted by molar-refractivity contribution is -0.128. The van der Waals surface area contributed by atoms with Gasteiger partial charge < -0.3 is 24.6 Å². The van der Waals surface area contributed by atoms with Crippen molar-refractivity contribution in [3.05, 3.63) is 89.8 Å². The molecule has 1 aliphatic rings. The molecule has 9 nitrogen and oxygen atoms in total. The third-order valence-corrected chi connectivity index (χ3v) is 6.78. The molecule has 9 heteroatoms. The Morgan fingerprint density at radius 1 is 0.872 bits per heavy atom. The highest BCUT2D eigenvalue weighted by atomic mass is 16.5. The number of ether oxygens (including phenoxy) is 2. The summed E-state index contributed by atoms with van der Waals surface area (Å²) in [5.74, 6) is 0.545. The number of carbonyl (C=O) groups is 2. The van der Waals surface area contributed by atoms with E-state index in [1.54, 1.807) is 35.8 Å². The predicted molar refractivity (Wildman–Crippen MR) is 150 cm³/mol. The van der Waals surface area contributed by atoms with Gasteiger partial charge >= 0.3 is 0 Å². The molecule has 2 aromatic heterocycles. The monoisotopic (exact) mass is 525 g/mol. The smallest absolute Gasteiger partial charge is 0.276 e. The minimum atomic E-state index is -0.457. The van der Waals surface area contributed by atoms with E-state index in [0.29, 0.717) is 24.6 Å². The van der Waals surface area contributed by atoms with Crippen molar-refractivity contribution in [1.29, 1.82) is 0 Å². The van der Waals surface area contributed by atoms with Crippen molar-refractivity contribution in [2.24, 2.45) is 0 Å². The van der Waals surface area contributed by atoms with Gasteiger partial charge in [-0.15, -0.1) is 0 Å². The van der Waals surface area contributed by atoms with Crippen molar-refractivity contribution < 1.29 is 19.1 Å². The Morgan fingerprint density at radius 2 is 1.62 bits per heavy atom.